The summed E-state index contributed by atoms with van der Waals surface area (Å²) in [5.41, 5.74) is 2.56. The van der Waals surface area contributed by atoms with Gasteiger partial charge in [-0.15, -0.1) is 0 Å². The summed E-state index contributed by atoms with van der Waals surface area (Å²) in [6.45, 7) is 5.18. The largest absolute Gasteiger partial charge is 0.337 e. The monoisotopic (exact) mass is 232 g/mol. The Kier molecular flexibility index (Phi) is 4.15. The molecule has 0 aromatic heterocycles. The topological polar surface area (TPSA) is 32.3 Å². The van der Waals surface area contributed by atoms with Crippen LogP contribution in [-0.2, 0) is 17.8 Å². The third-order valence-electron chi connectivity index (χ3n) is 3.22. The van der Waals surface area contributed by atoms with E-state index in [0.717, 1.165) is 32.5 Å². The molecule has 0 bridgehead atoms. The number of carbonyl (C=O) groups is 1. The molecule has 1 saturated heterocycles. The van der Waals surface area contributed by atoms with Crippen molar-refractivity contribution in [3.05, 3.63) is 35.4 Å². The van der Waals surface area contributed by atoms with Crippen molar-refractivity contribution in [3.63, 3.8) is 0 Å². The van der Waals surface area contributed by atoms with Gasteiger partial charge in [-0.2, -0.15) is 0 Å². The van der Waals surface area contributed by atoms with Gasteiger partial charge in [0.05, 0.1) is 6.54 Å². The highest BCUT2D eigenvalue weighted by Crippen LogP contribution is 2.09. The molecule has 17 heavy (non-hydrogen) atoms. The van der Waals surface area contributed by atoms with Gasteiger partial charge in [-0.3, -0.25) is 4.79 Å². The van der Waals surface area contributed by atoms with E-state index in [1.165, 1.54) is 11.1 Å². The predicted molar refractivity (Wildman–Crippen MR) is 68.7 cm³/mol. The van der Waals surface area contributed by atoms with Gasteiger partial charge in [0.15, 0.2) is 0 Å². The molecule has 1 aromatic carbocycles. The third kappa shape index (κ3) is 3.30. The number of aryl methyl sites for hydroxylation is 1. The van der Waals surface area contributed by atoms with E-state index < -0.39 is 0 Å². The van der Waals surface area contributed by atoms with Crippen molar-refractivity contribution >= 4 is 5.91 Å². The third-order valence-corrected chi connectivity index (χ3v) is 3.22. The van der Waals surface area contributed by atoms with Gasteiger partial charge in [0, 0.05) is 13.1 Å². The molecule has 0 radical (unpaired) electrons. The van der Waals surface area contributed by atoms with Crippen molar-refractivity contribution < 1.29 is 4.79 Å². The first-order chi connectivity index (χ1) is 8.29. The highest BCUT2D eigenvalue weighted by molar-refractivity contribution is 5.78. The second kappa shape index (κ2) is 5.82. The Bertz CT molecular complexity index is 372. The molecule has 1 fully saturated rings. The first kappa shape index (κ1) is 12.1. The number of nitrogens with one attached hydrogen (secondary N) is 1. The van der Waals surface area contributed by atoms with Gasteiger partial charge < -0.3 is 10.2 Å². The van der Waals surface area contributed by atoms with Gasteiger partial charge in [0.2, 0.25) is 5.91 Å². The number of amides is 1. The normalized spacial score (nSPS) is 17.0. The Morgan fingerprint density at radius 1 is 1.24 bits per heavy atom. The maximum Gasteiger partial charge on any atom is 0.236 e. The van der Waals surface area contributed by atoms with E-state index >= 15 is 0 Å². The quantitative estimate of drug-likeness (QED) is 0.858. The molecule has 1 heterocycles. The molecule has 1 amide bonds. The van der Waals surface area contributed by atoms with Crippen LogP contribution in [0.3, 0.4) is 0 Å². The molecule has 2 rings (SSSR count). The summed E-state index contributed by atoms with van der Waals surface area (Å²) in [6, 6.07) is 8.56. The fraction of sp³-hybridized carbons (Fsp3) is 0.500. The van der Waals surface area contributed by atoms with Gasteiger partial charge in [0.25, 0.3) is 0 Å². The Morgan fingerprint density at radius 2 is 1.94 bits per heavy atom. The molecule has 92 valence electrons. The van der Waals surface area contributed by atoms with Crippen molar-refractivity contribution in [2.75, 3.05) is 19.6 Å². The molecule has 1 aliphatic rings. The molecule has 0 atom stereocenters. The first-order valence-corrected chi connectivity index (χ1v) is 6.36. The summed E-state index contributed by atoms with van der Waals surface area (Å²) in [6.07, 6.45) is 2.10. The van der Waals surface area contributed by atoms with Crippen LogP contribution in [0, 0.1) is 0 Å². The lowest BCUT2D eigenvalue weighted by Gasteiger charge is -2.20. The highest BCUT2D eigenvalue weighted by Gasteiger charge is 2.15. The standard InChI is InChI=1S/C14H20N2O/c1-2-12-4-6-13(7-5-12)11-16-9-3-8-15-10-14(16)17/h4-7,15H,2-3,8-11H2,1H3. The van der Waals surface area contributed by atoms with Crippen LogP contribution in [0.15, 0.2) is 24.3 Å². The fourth-order valence-electron chi connectivity index (χ4n) is 2.09. The Labute approximate surface area is 103 Å². The fourth-order valence-corrected chi connectivity index (χ4v) is 2.09. The van der Waals surface area contributed by atoms with Gasteiger partial charge in [-0.05, 0) is 30.5 Å². The molecule has 1 aromatic rings. The van der Waals surface area contributed by atoms with Crippen LogP contribution >= 0.6 is 0 Å². The zero-order valence-corrected chi connectivity index (χ0v) is 10.4. The summed E-state index contributed by atoms with van der Waals surface area (Å²) in [5.74, 6) is 0.210. The summed E-state index contributed by atoms with van der Waals surface area (Å²) in [4.78, 5) is 13.8. The zero-order chi connectivity index (χ0) is 12.1. The summed E-state index contributed by atoms with van der Waals surface area (Å²) >= 11 is 0. The van der Waals surface area contributed by atoms with Crippen LogP contribution < -0.4 is 5.32 Å². The molecule has 0 unspecified atom stereocenters. The number of hydrogen-bond acceptors (Lipinski definition) is 2. The van der Waals surface area contributed by atoms with Crippen LogP contribution in [0.4, 0.5) is 0 Å². The number of carbonyl (C=O) groups excluding carboxylic acids is 1. The van der Waals surface area contributed by atoms with Crippen LogP contribution in [0.2, 0.25) is 0 Å². The number of rotatable bonds is 3. The van der Waals surface area contributed by atoms with E-state index in [-0.39, 0.29) is 5.91 Å². The van der Waals surface area contributed by atoms with Crippen LogP contribution in [-0.4, -0.2) is 30.4 Å². The van der Waals surface area contributed by atoms with E-state index in [2.05, 4.69) is 36.5 Å². The Hall–Kier alpha value is -1.35. The lowest BCUT2D eigenvalue weighted by Crippen LogP contribution is -2.34. The van der Waals surface area contributed by atoms with Crippen molar-refractivity contribution in [3.8, 4) is 0 Å². The van der Waals surface area contributed by atoms with Gasteiger partial charge >= 0.3 is 0 Å². The van der Waals surface area contributed by atoms with Crippen LogP contribution in [0.1, 0.15) is 24.5 Å². The van der Waals surface area contributed by atoms with E-state index in [4.69, 9.17) is 0 Å². The zero-order valence-electron chi connectivity index (χ0n) is 10.4. The summed E-state index contributed by atoms with van der Waals surface area (Å²) < 4.78 is 0. The molecule has 0 saturated carbocycles. The minimum Gasteiger partial charge on any atom is -0.337 e. The Morgan fingerprint density at radius 3 is 2.65 bits per heavy atom. The summed E-state index contributed by atoms with van der Waals surface area (Å²) in [7, 11) is 0. The van der Waals surface area contributed by atoms with Gasteiger partial charge in [0.1, 0.15) is 0 Å². The van der Waals surface area contributed by atoms with Crippen LogP contribution in [0.25, 0.3) is 0 Å². The molecule has 1 aliphatic heterocycles. The minimum atomic E-state index is 0.210. The van der Waals surface area contributed by atoms with Crippen molar-refractivity contribution in [1.82, 2.24) is 10.2 Å². The Balaban J connectivity index is 2.00. The van der Waals surface area contributed by atoms with E-state index in [1.54, 1.807) is 0 Å². The lowest BCUT2D eigenvalue weighted by atomic mass is 10.1. The van der Waals surface area contributed by atoms with Crippen molar-refractivity contribution in [2.45, 2.75) is 26.3 Å². The lowest BCUT2D eigenvalue weighted by molar-refractivity contribution is -0.130. The van der Waals surface area contributed by atoms with Crippen molar-refractivity contribution in [1.29, 1.82) is 0 Å². The second-order valence-electron chi connectivity index (χ2n) is 4.52. The number of nitrogens with zero attached hydrogens (tertiary/aromatic N) is 1. The maximum atomic E-state index is 11.8. The minimum absolute atomic E-state index is 0.210. The second-order valence-corrected chi connectivity index (χ2v) is 4.52. The van der Waals surface area contributed by atoms with E-state index in [1.807, 2.05) is 4.90 Å². The predicted octanol–water partition coefficient (Wildman–Crippen LogP) is 1.57. The average Bonchev–Trinajstić information content (AvgIpc) is 2.56. The van der Waals surface area contributed by atoms with E-state index in [0.29, 0.717) is 6.54 Å². The molecular formula is C14H20N2O. The number of hydrogen-bond donors (Lipinski definition) is 1. The van der Waals surface area contributed by atoms with E-state index in [9.17, 15) is 4.79 Å². The maximum absolute atomic E-state index is 11.8. The van der Waals surface area contributed by atoms with Gasteiger partial charge in [-0.1, -0.05) is 31.2 Å². The summed E-state index contributed by atoms with van der Waals surface area (Å²) in [5, 5.41) is 3.14. The highest BCUT2D eigenvalue weighted by atomic mass is 16.2. The molecule has 3 nitrogen and oxygen atoms in total. The van der Waals surface area contributed by atoms with Crippen LogP contribution in [0.5, 0.6) is 0 Å². The van der Waals surface area contributed by atoms with Gasteiger partial charge in [-0.25, -0.2) is 0 Å². The average molecular weight is 232 g/mol. The molecule has 1 N–H and O–H groups in total. The SMILES string of the molecule is CCc1ccc(CN2CCCNCC2=O)cc1. The molecule has 3 heteroatoms. The first-order valence-electron chi connectivity index (χ1n) is 6.36. The van der Waals surface area contributed by atoms with Crippen molar-refractivity contribution in [2.24, 2.45) is 0 Å². The molecule has 0 aliphatic carbocycles. The smallest absolute Gasteiger partial charge is 0.236 e. The number of benzene rings is 1. The molecular weight excluding hydrogens is 212 g/mol. The molecule has 0 spiro atoms.